The zero-order chi connectivity index (χ0) is 9.80. The Balaban J connectivity index is 1.63. The molecule has 0 radical (unpaired) electrons. The fourth-order valence-electron chi connectivity index (χ4n) is 2.80. The van der Waals surface area contributed by atoms with Gasteiger partial charge in [-0.15, -0.1) is 0 Å². The second kappa shape index (κ2) is 5.13. The van der Waals surface area contributed by atoms with E-state index in [-0.39, 0.29) is 6.10 Å². The molecule has 82 valence electrons. The molecule has 1 aliphatic carbocycles. The molecule has 0 amide bonds. The predicted molar refractivity (Wildman–Crippen MR) is 56.1 cm³/mol. The van der Waals surface area contributed by atoms with Crippen molar-refractivity contribution < 1.29 is 9.84 Å². The summed E-state index contributed by atoms with van der Waals surface area (Å²) in [5, 5.41) is 9.93. The molecule has 2 heteroatoms. The van der Waals surface area contributed by atoms with E-state index in [0.29, 0.717) is 5.92 Å². The van der Waals surface area contributed by atoms with Crippen molar-refractivity contribution in [3.63, 3.8) is 0 Å². The Kier molecular flexibility index (Phi) is 3.82. The molecule has 2 unspecified atom stereocenters. The molecule has 1 N–H and O–H groups in total. The molecule has 2 fully saturated rings. The van der Waals surface area contributed by atoms with E-state index in [1.807, 2.05) is 0 Å². The highest BCUT2D eigenvalue weighted by molar-refractivity contribution is 4.75. The van der Waals surface area contributed by atoms with E-state index in [1.165, 1.54) is 32.1 Å². The largest absolute Gasteiger partial charge is 0.393 e. The Labute approximate surface area is 86.6 Å². The molecule has 2 atom stereocenters. The molecular weight excluding hydrogens is 176 g/mol. The molecule has 2 aliphatic rings. The van der Waals surface area contributed by atoms with Crippen LogP contribution in [0.3, 0.4) is 0 Å². The maximum atomic E-state index is 9.93. The van der Waals surface area contributed by atoms with Crippen molar-refractivity contribution in [1.29, 1.82) is 0 Å². The van der Waals surface area contributed by atoms with Crippen LogP contribution in [0.2, 0.25) is 0 Å². The van der Waals surface area contributed by atoms with Crippen LogP contribution in [0.25, 0.3) is 0 Å². The van der Waals surface area contributed by atoms with Crippen LogP contribution in [0.1, 0.15) is 44.9 Å². The molecule has 2 nitrogen and oxygen atoms in total. The lowest BCUT2D eigenvalue weighted by Crippen LogP contribution is -2.21. The highest BCUT2D eigenvalue weighted by Gasteiger charge is 2.25. The highest BCUT2D eigenvalue weighted by Crippen LogP contribution is 2.30. The Morgan fingerprint density at radius 1 is 1.21 bits per heavy atom. The molecule has 0 aromatic heterocycles. The van der Waals surface area contributed by atoms with Gasteiger partial charge in [0.2, 0.25) is 0 Å². The van der Waals surface area contributed by atoms with E-state index in [2.05, 4.69) is 0 Å². The van der Waals surface area contributed by atoms with Gasteiger partial charge in [-0.05, 0) is 25.2 Å². The van der Waals surface area contributed by atoms with Crippen LogP contribution in [0, 0.1) is 11.8 Å². The number of aliphatic hydroxyl groups is 1. The van der Waals surface area contributed by atoms with Gasteiger partial charge < -0.3 is 9.84 Å². The minimum atomic E-state index is -0.0990. The molecule has 1 heterocycles. The van der Waals surface area contributed by atoms with E-state index >= 15 is 0 Å². The zero-order valence-electron chi connectivity index (χ0n) is 8.95. The summed E-state index contributed by atoms with van der Waals surface area (Å²) in [5.74, 6) is 1.34. The van der Waals surface area contributed by atoms with Crippen molar-refractivity contribution in [2.45, 2.75) is 51.0 Å². The maximum Gasteiger partial charge on any atom is 0.0591 e. The number of hydrogen-bond acceptors (Lipinski definition) is 2. The summed E-state index contributed by atoms with van der Waals surface area (Å²) in [6.45, 7) is 1.64. The first-order valence-electron chi connectivity index (χ1n) is 6.12. The Morgan fingerprint density at radius 2 is 2.00 bits per heavy atom. The van der Waals surface area contributed by atoms with Crippen molar-refractivity contribution in [2.24, 2.45) is 11.8 Å². The third-order valence-corrected chi connectivity index (χ3v) is 3.85. The summed E-state index contributed by atoms with van der Waals surface area (Å²) in [5.41, 5.74) is 0. The monoisotopic (exact) mass is 198 g/mol. The summed E-state index contributed by atoms with van der Waals surface area (Å²) >= 11 is 0. The Bertz CT molecular complexity index is 158. The first-order valence-corrected chi connectivity index (χ1v) is 6.12. The Hall–Kier alpha value is -0.0800. The molecule has 2 rings (SSSR count). The lowest BCUT2D eigenvalue weighted by atomic mass is 9.93. The minimum absolute atomic E-state index is 0.0990. The maximum absolute atomic E-state index is 9.93. The fourth-order valence-corrected chi connectivity index (χ4v) is 2.80. The van der Waals surface area contributed by atoms with Crippen LogP contribution >= 0.6 is 0 Å². The molecule has 1 saturated carbocycles. The summed E-state index contributed by atoms with van der Waals surface area (Å²) in [7, 11) is 0. The number of rotatable bonds is 4. The van der Waals surface area contributed by atoms with Crippen LogP contribution in [-0.4, -0.2) is 24.4 Å². The smallest absolute Gasteiger partial charge is 0.0591 e. The number of aliphatic hydroxyl groups excluding tert-OH is 1. The van der Waals surface area contributed by atoms with Crippen molar-refractivity contribution in [2.75, 3.05) is 13.2 Å². The lowest BCUT2D eigenvalue weighted by molar-refractivity contribution is 0.0793. The van der Waals surface area contributed by atoms with Gasteiger partial charge in [0.25, 0.3) is 0 Å². The van der Waals surface area contributed by atoms with Gasteiger partial charge in [0, 0.05) is 12.5 Å². The van der Waals surface area contributed by atoms with Crippen LogP contribution in [0.4, 0.5) is 0 Å². The van der Waals surface area contributed by atoms with Crippen LogP contribution in [-0.2, 0) is 4.74 Å². The quantitative estimate of drug-likeness (QED) is 0.751. The molecule has 0 bridgehead atoms. The Morgan fingerprint density at radius 3 is 2.64 bits per heavy atom. The van der Waals surface area contributed by atoms with Crippen LogP contribution < -0.4 is 0 Å². The van der Waals surface area contributed by atoms with E-state index in [4.69, 9.17) is 4.74 Å². The molecule has 0 spiro atoms. The van der Waals surface area contributed by atoms with Crippen LogP contribution in [0.15, 0.2) is 0 Å². The van der Waals surface area contributed by atoms with Gasteiger partial charge in [0.15, 0.2) is 0 Å². The summed E-state index contributed by atoms with van der Waals surface area (Å²) in [6, 6.07) is 0. The molecule has 1 saturated heterocycles. The first kappa shape index (κ1) is 10.4. The first-order chi connectivity index (χ1) is 6.86. The topological polar surface area (TPSA) is 29.5 Å². The lowest BCUT2D eigenvalue weighted by Gasteiger charge is -2.18. The van der Waals surface area contributed by atoms with Gasteiger partial charge >= 0.3 is 0 Å². The number of hydrogen-bond donors (Lipinski definition) is 1. The third kappa shape index (κ3) is 2.71. The third-order valence-electron chi connectivity index (χ3n) is 3.85. The van der Waals surface area contributed by atoms with E-state index in [9.17, 15) is 5.11 Å². The minimum Gasteiger partial charge on any atom is -0.393 e. The van der Waals surface area contributed by atoms with E-state index < -0.39 is 0 Å². The van der Waals surface area contributed by atoms with Crippen molar-refractivity contribution >= 4 is 0 Å². The van der Waals surface area contributed by atoms with Gasteiger partial charge in [-0.25, -0.2) is 0 Å². The summed E-state index contributed by atoms with van der Waals surface area (Å²) < 4.78 is 5.29. The fraction of sp³-hybridized carbons (Fsp3) is 1.00. The zero-order valence-corrected chi connectivity index (χ0v) is 8.95. The summed E-state index contributed by atoms with van der Waals surface area (Å²) in [6.07, 6.45) is 8.81. The van der Waals surface area contributed by atoms with Gasteiger partial charge in [0.1, 0.15) is 0 Å². The van der Waals surface area contributed by atoms with Gasteiger partial charge in [0.05, 0.1) is 12.7 Å². The van der Waals surface area contributed by atoms with Crippen molar-refractivity contribution in [1.82, 2.24) is 0 Å². The van der Waals surface area contributed by atoms with Gasteiger partial charge in [-0.1, -0.05) is 25.7 Å². The molecule has 1 aliphatic heterocycles. The average Bonchev–Trinajstić information content (AvgIpc) is 2.87. The van der Waals surface area contributed by atoms with Gasteiger partial charge in [-0.2, -0.15) is 0 Å². The van der Waals surface area contributed by atoms with Crippen molar-refractivity contribution in [3.8, 4) is 0 Å². The average molecular weight is 198 g/mol. The molecule has 0 aromatic carbocycles. The summed E-state index contributed by atoms with van der Waals surface area (Å²) in [4.78, 5) is 0. The van der Waals surface area contributed by atoms with E-state index in [1.54, 1.807) is 0 Å². The second-order valence-corrected chi connectivity index (χ2v) is 4.92. The standard InChI is InChI=1S/C12H22O2/c13-12(11-7-8-14-9-11)6-5-10-3-1-2-4-10/h10-13H,1-9H2. The van der Waals surface area contributed by atoms with Crippen molar-refractivity contribution in [3.05, 3.63) is 0 Å². The molecular formula is C12H22O2. The normalized spacial score (nSPS) is 31.1. The second-order valence-electron chi connectivity index (χ2n) is 4.92. The number of ether oxygens (including phenoxy) is 1. The molecule has 14 heavy (non-hydrogen) atoms. The van der Waals surface area contributed by atoms with Crippen LogP contribution in [0.5, 0.6) is 0 Å². The van der Waals surface area contributed by atoms with E-state index in [0.717, 1.165) is 32.0 Å². The molecule has 0 aromatic rings. The SMILES string of the molecule is OC(CCC1CCCC1)C1CCOC1. The highest BCUT2D eigenvalue weighted by atomic mass is 16.5. The van der Waals surface area contributed by atoms with Gasteiger partial charge in [-0.3, -0.25) is 0 Å². The predicted octanol–water partition coefficient (Wildman–Crippen LogP) is 2.35.